The molecule has 0 spiro atoms. The summed E-state index contributed by atoms with van der Waals surface area (Å²) < 4.78 is 5.84. The summed E-state index contributed by atoms with van der Waals surface area (Å²) in [7, 11) is 0. The SMILES string of the molecule is CC/C=C\C/C=C\C/C=C\C/C=C\C/C=C\CCCC(=O)OC(CCCCC/C=C\CCCC)CC(=O)NC(CO)C(O)CCCCCCCCCCC. The summed E-state index contributed by atoms with van der Waals surface area (Å²) >= 11 is 0. The van der Waals surface area contributed by atoms with Crippen LogP contribution in [0.15, 0.2) is 72.9 Å². The third-order valence-corrected chi connectivity index (χ3v) is 9.52. The highest BCUT2D eigenvalue weighted by molar-refractivity contribution is 5.77. The van der Waals surface area contributed by atoms with E-state index in [-0.39, 0.29) is 24.9 Å². The van der Waals surface area contributed by atoms with Crippen LogP contribution >= 0.6 is 0 Å². The van der Waals surface area contributed by atoms with Crippen LogP contribution in [0.25, 0.3) is 0 Å². The number of esters is 1. The average molecular weight is 754 g/mol. The molecule has 3 N–H and O–H groups in total. The van der Waals surface area contributed by atoms with Gasteiger partial charge in [0.2, 0.25) is 5.91 Å². The van der Waals surface area contributed by atoms with Crippen molar-refractivity contribution < 1.29 is 24.5 Å². The van der Waals surface area contributed by atoms with E-state index >= 15 is 0 Å². The normalized spacial score (nSPS) is 14.1. The van der Waals surface area contributed by atoms with Crippen molar-refractivity contribution in [1.82, 2.24) is 5.32 Å². The third-order valence-electron chi connectivity index (χ3n) is 9.52. The lowest BCUT2D eigenvalue weighted by Gasteiger charge is -2.24. The van der Waals surface area contributed by atoms with Gasteiger partial charge in [-0.25, -0.2) is 0 Å². The van der Waals surface area contributed by atoms with E-state index in [1.807, 2.05) is 0 Å². The second-order valence-corrected chi connectivity index (χ2v) is 14.7. The molecule has 0 saturated carbocycles. The van der Waals surface area contributed by atoms with Crippen molar-refractivity contribution >= 4 is 11.9 Å². The maximum absolute atomic E-state index is 13.1. The molecule has 0 aromatic rings. The zero-order valence-corrected chi connectivity index (χ0v) is 35.1. The first-order chi connectivity index (χ1) is 26.5. The van der Waals surface area contributed by atoms with E-state index in [0.717, 1.165) is 89.9 Å². The van der Waals surface area contributed by atoms with Crippen LogP contribution < -0.4 is 5.32 Å². The summed E-state index contributed by atoms with van der Waals surface area (Å²) in [5, 5.41) is 23.5. The van der Waals surface area contributed by atoms with E-state index in [2.05, 4.69) is 99.0 Å². The lowest BCUT2D eigenvalue weighted by atomic mass is 10.0. The Morgan fingerprint density at radius 1 is 0.556 bits per heavy atom. The molecule has 1 amide bonds. The Labute approximate surface area is 332 Å². The molecule has 0 bridgehead atoms. The summed E-state index contributed by atoms with van der Waals surface area (Å²) in [6.45, 7) is 6.26. The fraction of sp³-hybridized carbons (Fsp3) is 0.708. The zero-order valence-electron chi connectivity index (χ0n) is 35.1. The number of allylic oxidation sites excluding steroid dienone is 12. The molecule has 0 aliphatic heterocycles. The molecule has 3 atom stereocenters. The summed E-state index contributed by atoms with van der Waals surface area (Å²) in [5.41, 5.74) is 0. The van der Waals surface area contributed by atoms with Crippen LogP contribution in [0, 0.1) is 0 Å². The van der Waals surface area contributed by atoms with E-state index in [1.165, 1.54) is 51.4 Å². The lowest BCUT2D eigenvalue weighted by molar-refractivity contribution is -0.151. The van der Waals surface area contributed by atoms with Crippen LogP contribution in [-0.4, -0.2) is 46.9 Å². The van der Waals surface area contributed by atoms with Gasteiger partial charge in [-0.1, -0.05) is 171 Å². The van der Waals surface area contributed by atoms with Gasteiger partial charge in [-0.3, -0.25) is 9.59 Å². The molecular formula is C48H83NO5. The van der Waals surface area contributed by atoms with E-state index in [1.54, 1.807) is 0 Å². The maximum Gasteiger partial charge on any atom is 0.306 e. The van der Waals surface area contributed by atoms with E-state index in [9.17, 15) is 19.8 Å². The minimum absolute atomic E-state index is 0.0404. The van der Waals surface area contributed by atoms with Crippen molar-refractivity contribution in [2.45, 2.75) is 212 Å². The van der Waals surface area contributed by atoms with E-state index < -0.39 is 18.2 Å². The molecule has 0 aliphatic carbocycles. The van der Waals surface area contributed by atoms with Gasteiger partial charge in [0.05, 0.1) is 25.2 Å². The number of aliphatic hydroxyl groups excluding tert-OH is 2. The number of ether oxygens (including phenoxy) is 1. The van der Waals surface area contributed by atoms with Gasteiger partial charge < -0.3 is 20.3 Å². The van der Waals surface area contributed by atoms with Gasteiger partial charge >= 0.3 is 5.97 Å². The highest BCUT2D eigenvalue weighted by atomic mass is 16.5. The monoisotopic (exact) mass is 754 g/mol. The third kappa shape index (κ3) is 36.3. The number of carbonyl (C=O) groups is 2. The van der Waals surface area contributed by atoms with Crippen molar-refractivity contribution in [2.75, 3.05) is 6.61 Å². The Hall–Kier alpha value is -2.70. The molecule has 310 valence electrons. The quantitative estimate of drug-likeness (QED) is 0.0331. The van der Waals surface area contributed by atoms with Crippen LogP contribution in [0.3, 0.4) is 0 Å². The topological polar surface area (TPSA) is 95.9 Å². The molecule has 0 heterocycles. The molecule has 54 heavy (non-hydrogen) atoms. The molecule has 0 rings (SSSR count). The number of aliphatic hydroxyl groups is 2. The minimum atomic E-state index is -0.800. The largest absolute Gasteiger partial charge is 0.462 e. The molecule has 6 heteroatoms. The Morgan fingerprint density at radius 2 is 1.02 bits per heavy atom. The number of unbranched alkanes of at least 4 members (excludes halogenated alkanes) is 14. The molecule has 0 aromatic carbocycles. The summed E-state index contributed by atoms with van der Waals surface area (Å²) in [6, 6.07) is -0.717. The number of hydrogen-bond donors (Lipinski definition) is 3. The smallest absolute Gasteiger partial charge is 0.306 e. The fourth-order valence-corrected chi connectivity index (χ4v) is 6.15. The summed E-state index contributed by atoms with van der Waals surface area (Å²) in [6.07, 6.45) is 51.1. The predicted octanol–water partition coefficient (Wildman–Crippen LogP) is 12.7. The van der Waals surface area contributed by atoms with Gasteiger partial charge in [0, 0.05) is 6.42 Å². The van der Waals surface area contributed by atoms with Crippen LogP contribution in [0.5, 0.6) is 0 Å². The number of rotatable bonds is 38. The summed E-state index contributed by atoms with van der Waals surface area (Å²) in [4.78, 5) is 25.9. The first-order valence-corrected chi connectivity index (χ1v) is 22.2. The van der Waals surface area contributed by atoms with Gasteiger partial charge in [-0.05, 0) is 83.5 Å². The highest BCUT2D eigenvalue weighted by Gasteiger charge is 2.24. The van der Waals surface area contributed by atoms with Crippen LogP contribution in [0.2, 0.25) is 0 Å². The van der Waals surface area contributed by atoms with Gasteiger partial charge in [-0.2, -0.15) is 0 Å². The number of carbonyl (C=O) groups excluding carboxylic acids is 2. The fourth-order valence-electron chi connectivity index (χ4n) is 6.15. The molecule has 0 fully saturated rings. The van der Waals surface area contributed by atoms with Crippen LogP contribution in [0.1, 0.15) is 194 Å². The predicted molar refractivity (Wildman–Crippen MR) is 231 cm³/mol. The number of hydrogen-bond acceptors (Lipinski definition) is 5. The number of amides is 1. The lowest BCUT2D eigenvalue weighted by Crippen LogP contribution is -2.46. The standard InChI is InChI=1S/C48H83NO5/c1-4-7-10-13-16-19-20-21-22-23-24-25-26-29-32-35-38-41-48(53)54-44(39-36-33-30-27-17-14-11-8-5-2)42-47(52)49-45(43-50)46(51)40-37-34-31-28-18-15-12-9-6-3/h7,10,14,16-17,19,21-22,24-25,29,32,44-46,50-51H,4-6,8-9,11-13,15,18,20,23,26-28,30-31,33-43H2,1-3H3,(H,49,52)/b10-7-,17-14-,19-16-,22-21-,25-24-,32-29-. The van der Waals surface area contributed by atoms with Crippen LogP contribution in [0.4, 0.5) is 0 Å². The maximum atomic E-state index is 13.1. The van der Waals surface area contributed by atoms with Crippen molar-refractivity contribution in [3.05, 3.63) is 72.9 Å². The second kappa shape index (κ2) is 41.5. The highest BCUT2D eigenvalue weighted by Crippen LogP contribution is 2.16. The first-order valence-electron chi connectivity index (χ1n) is 22.2. The van der Waals surface area contributed by atoms with E-state index in [4.69, 9.17) is 4.74 Å². The molecule has 0 radical (unpaired) electrons. The molecule has 0 aliphatic rings. The van der Waals surface area contributed by atoms with Crippen LogP contribution in [-0.2, 0) is 14.3 Å². The molecule has 6 nitrogen and oxygen atoms in total. The van der Waals surface area contributed by atoms with Gasteiger partial charge in [0.1, 0.15) is 6.10 Å². The zero-order chi connectivity index (χ0) is 39.6. The second-order valence-electron chi connectivity index (χ2n) is 14.7. The van der Waals surface area contributed by atoms with Gasteiger partial charge in [-0.15, -0.1) is 0 Å². The van der Waals surface area contributed by atoms with Gasteiger partial charge in [0.25, 0.3) is 0 Å². The van der Waals surface area contributed by atoms with E-state index in [0.29, 0.717) is 25.7 Å². The van der Waals surface area contributed by atoms with Crippen molar-refractivity contribution in [1.29, 1.82) is 0 Å². The van der Waals surface area contributed by atoms with Crippen molar-refractivity contribution in [3.63, 3.8) is 0 Å². The molecule has 0 aromatic heterocycles. The Balaban J connectivity index is 4.65. The van der Waals surface area contributed by atoms with Crippen molar-refractivity contribution in [3.8, 4) is 0 Å². The van der Waals surface area contributed by atoms with Gasteiger partial charge in [0.15, 0.2) is 0 Å². The first kappa shape index (κ1) is 51.3. The number of nitrogens with one attached hydrogen (secondary N) is 1. The molecule has 0 saturated heterocycles. The summed E-state index contributed by atoms with van der Waals surface area (Å²) in [5.74, 6) is -0.571. The minimum Gasteiger partial charge on any atom is -0.462 e. The van der Waals surface area contributed by atoms with Crippen molar-refractivity contribution in [2.24, 2.45) is 0 Å². The Bertz CT molecular complexity index is 1030. The average Bonchev–Trinajstić information content (AvgIpc) is 3.16. The Kier molecular flexibility index (Phi) is 39.4. The molecule has 3 unspecified atom stereocenters. The molecular weight excluding hydrogens is 671 g/mol. The Morgan fingerprint density at radius 3 is 1.59 bits per heavy atom.